The summed E-state index contributed by atoms with van der Waals surface area (Å²) in [4.78, 5) is 0. The van der Waals surface area contributed by atoms with Gasteiger partial charge in [-0.05, 0) is 31.5 Å². The van der Waals surface area contributed by atoms with Crippen molar-refractivity contribution in [1.29, 1.82) is 0 Å². The number of benzene rings is 2. The lowest BCUT2D eigenvalue weighted by Gasteiger charge is -2.22. The smallest absolute Gasteiger partial charge is 0.163 e. The highest BCUT2D eigenvalue weighted by molar-refractivity contribution is 9.10. The summed E-state index contributed by atoms with van der Waals surface area (Å²) in [7, 11) is 0. The minimum absolute atomic E-state index is 0.0169. The fourth-order valence-electron chi connectivity index (χ4n) is 2.24. The molecule has 0 fully saturated rings. The van der Waals surface area contributed by atoms with Gasteiger partial charge < -0.3 is 5.32 Å². The van der Waals surface area contributed by atoms with Gasteiger partial charge in [-0.2, -0.15) is 0 Å². The Hall–Kier alpha value is -1.26. The van der Waals surface area contributed by atoms with Crippen LogP contribution in [0.1, 0.15) is 37.1 Å². The summed E-state index contributed by atoms with van der Waals surface area (Å²) in [5.74, 6) is -1.60. The van der Waals surface area contributed by atoms with Gasteiger partial charge in [0.1, 0.15) is 0 Å². The van der Waals surface area contributed by atoms with Crippen LogP contribution in [0, 0.1) is 11.6 Å². The second kappa shape index (κ2) is 6.46. The molecule has 20 heavy (non-hydrogen) atoms. The minimum Gasteiger partial charge on any atom is -0.304 e. The van der Waals surface area contributed by atoms with Crippen LogP contribution in [0.15, 0.2) is 46.9 Å². The predicted molar refractivity (Wildman–Crippen MR) is 80.5 cm³/mol. The molecule has 0 saturated carbocycles. The van der Waals surface area contributed by atoms with E-state index in [4.69, 9.17) is 0 Å². The quantitative estimate of drug-likeness (QED) is 0.813. The minimum atomic E-state index is -0.815. The maximum Gasteiger partial charge on any atom is 0.163 e. The van der Waals surface area contributed by atoms with Crippen molar-refractivity contribution in [3.05, 3.63) is 69.7 Å². The molecule has 4 heteroatoms. The summed E-state index contributed by atoms with van der Waals surface area (Å²) < 4.78 is 28.0. The van der Waals surface area contributed by atoms with Crippen molar-refractivity contribution in [2.24, 2.45) is 0 Å². The van der Waals surface area contributed by atoms with E-state index in [9.17, 15) is 8.78 Å². The van der Waals surface area contributed by atoms with Crippen molar-refractivity contribution in [2.75, 3.05) is 0 Å². The zero-order valence-electron chi connectivity index (χ0n) is 11.3. The molecule has 2 rings (SSSR count). The topological polar surface area (TPSA) is 12.0 Å². The number of hydrogen-bond acceptors (Lipinski definition) is 1. The number of rotatable bonds is 4. The Morgan fingerprint density at radius 3 is 2.20 bits per heavy atom. The monoisotopic (exact) mass is 339 g/mol. The summed E-state index contributed by atoms with van der Waals surface area (Å²) in [6.07, 6.45) is 0. The Morgan fingerprint density at radius 2 is 1.50 bits per heavy atom. The molecule has 0 aliphatic carbocycles. The van der Waals surface area contributed by atoms with E-state index in [1.165, 1.54) is 6.07 Å². The highest BCUT2D eigenvalue weighted by atomic mass is 79.9. The molecular formula is C16H16BrF2N. The van der Waals surface area contributed by atoms with Crippen LogP contribution in [-0.4, -0.2) is 0 Å². The maximum absolute atomic E-state index is 13.8. The van der Waals surface area contributed by atoms with Gasteiger partial charge in [-0.1, -0.05) is 46.3 Å². The fraction of sp³-hybridized carbons (Fsp3) is 0.250. The SMILES string of the molecule is CC(N[C@H](C)c1ccccc1Br)c1cccc(F)c1F. The third kappa shape index (κ3) is 3.25. The molecule has 1 unspecified atom stereocenters. The van der Waals surface area contributed by atoms with E-state index in [1.807, 2.05) is 38.1 Å². The molecular weight excluding hydrogens is 324 g/mol. The second-order valence-corrected chi connectivity index (χ2v) is 5.63. The lowest BCUT2D eigenvalue weighted by atomic mass is 10.0. The molecule has 0 aliphatic heterocycles. The van der Waals surface area contributed by atoms with Crippen molar-refractivity contribution in [3.63, 3.8) is 0 Å². The molecule has 2 atom stereocenters. The van der Waals surface area contributed by atoms with Gasteiger partial charge in [0.05, 0.1) is 0 Å². The molecule has 0 radical (unpaired) electrons. The molecule has 0 bridgehead atoms. The first-order valence-corrected chi connectivity index (χ1v) is 7.24. The molecule has 0 saturated heterocycles. The molecule has 2 aromatic carbocycles. The molecule has 2 aromatic rings. The molecule has 0 amide bonds. The van der Waals surface area contributed by atoms with Crippen LogP contribution in [-0.2, 0) is 0 Å². The molecule has 0 heterocycles. The third-order valence-electron chi connectivity index (χ3n) is 3.32. The van der Waals surface area contributed by atoms with Crippen molar-refractivity contribution in [2.45, 2.75) is 25.9 Å². The Morgan fingerprint density at radius 1 is 0.900 bits per heavy atom. The number of nitrogens with one attached hydrogen (secondary N) is 1. The van der Waals surface area contributed by atoms with E-state index >= 15 is 0 Å². The van der Waals surface area contributed by atoms with E-state index < -0.39 is 11.6 Å². The van der Waals surface area contributed by atoms with Crippen molar-refractivity contribution in [1.82, 2.24) is 5.32 Å². The van der Waals surface area contributed by atoms with Crippen LogP contribution < -0.4 is 5.32 Å². The van der Waals surface area contributed by atoms with Crippen LogP contribution in [0.2, 0.25) is 0 Å². The molecule has 0 aromatic heterocycles. The van der Waals surface area contributed by atoms with Gasteiger partial charge in [-0.15, -0.1) is 0 Å². The van der Waals surface area contributed by atoms with Crippen molar-refractivity contribution >= 4 is 15.9 Å². The Kier molecular flexibility index (Phi) is 4.89. The van der Waals surface area contributed by atoms with Crippen LogP contribution in [0.3, 0.4) is 0 Å². The first kappa shape index (κ1) is 15.1. The Labute approximate surface area is 126 Å². The van der Waals surface area contributed by atoms with E-state index in [2.05, 4.69) is 21.2 Å². The van der Waals surface area contributed by atoms with Crippen LogP contribution in [0.25, 0.3) is 0 Å². The van der Waals surface area contributed by atoms with E-state index in [-0.39, 0.29) is 12.1 Å². The van der Waals surface area contributed by atoms with E-state index in [0.29, 0.717) is 5.56 Å². The molecule has 106 valence electrons. The zero-order valence-corrected chi connectivity index (χ0v) is 12.9. The van der Waals surface area contributed by atoms with Gasteiger partial charge >= 0.3 is 0 Å². The normalized spacial score (nSPS) is 14.1. The summed E-state index contributed by atoms with van der Waals surface area (Å²) >= 11 is 3.50. The third-order valence-corrected chi connectivity index (χ3v) is 4.04. The number of hydrogen-bond donors (Lipinski definition) is 1. The standard InChI is InChI=1S/C16H16BrF2N/c1-10(12-6-3-4-8-14(12)17)20-11(2)13-7-5-9-15(18)16(13)19/h3-11,20H,1-2H3/t10-,11?/m1/s1. The lowest BCUT2D eigenvalue weighted by Crippen LogP contribution is -2.23. The Bertz CT molecular complexity index is 601. The van der Waals surface area contributed by atoms with Gasteiger partial charge in [-0.25, -0.2) is 8.78 Å². The van der Waals surface area contributed by atoms with Gasteiger partial charge in [0.25, 0.3) is 0 Å². The maximum atomic E-state index is 13.8. The number of halogens is 3. The average Bonchev–Trinajstić information content (AvgIpc) is 2.42. The summed E-state index contributed by atoms with van der Waals surface area (Å²) in [5, 5.41) is 3.28. The predicted octanol–water partition coefficient (Wildman–Crippen LogP) is 5.14. The summed E-state index contributed by atoms with van der Waals surface area (Å²) in [6, 6.07) is 11.8. The fourth-order valence-corrected chi connectivity index (χ4v) is 2.86. The largest absolute Gasteiger partial charge is 0.304 e. The second-order valence-electron chi connectivity index (χ2n) is 4.77. The first-order valence-electron chi connectivity index (χ1n) is 6.45. The van der Waals surface area contributed by atoms with Gasteiger partial charge in [0, 0.05) is 22.1 Å². The van der Waals surface area contributed by atoms with Crippen LogP contribution >= 0.6 is 15.9 Å². The molecule has 1 nitrogen and oxygen atoms in total. The Balaban J connectivity index is 2.17. The van der Waals surface area contributed by atoms with Crippen LogP contribution in [0.4, 0.5) is 8.78 Å². The summed E-state index contributed by atoms with van der Waals surface area (Å²) in [6.45, 7) is 3.82. The first-order chi connectivity index (χ1) is 9.50. The molecule has 0 spiro atoms. The highest BCUT2D eigenvalue weighted by Crippen LogP contribution is 2.26. The van der Waals surface area contributed by atoms with Crippen molar-refractivity contribution in [3.8, 4) is 0 Å². The van der Waals surface area contributed by atoms with Crippen LogP contribution in [0.5, 0.6) is 0 Å². The molecule has 1 N–H and O–H groups in total. The van der Waals surface area contributed by atoms with E-state index in [1.54, 1.807) is 6.07 Å². The highest BCUT2D eigenvalue weighted by Gasteiger charge is 2.17. The molecule has 0 aliphatic rings. The van der Waals surface area contributed by atoms with Gasteiger partial charge in [0.15, 0.2) is 11.6 Å². The van der Waals surface area contributed by atoms with Crippen molar-refractivity contribution < 1.29 is 8.78 Å². The van der Waals surface area contributed by atoms with Gasteiger partial charge in [-0.3, -0.25) is 0 Å². The van der Waals surface area contributed by atoms with Gasteiger partial charge in [0.2, 0.25) is 0 Å². The lowest BCUT2D eigenvalue weighted by molar-refractivity contribution is 0.448. The average molecular weight is 340 g/mol. The summed E-state index contributed by atoms with van der Waals surface area (Å²) in [5.41, 5.74) is 1.42. The zero-order chi connectivity index (χ0) is 14.7. The van der Waals surface area contributed by atoms with E-state index in [0.717, 1.165) is 16.1 Å².